The summed E-state index contributed by atoms with van der Waals surface area (Å²) in [4.78, 5) is 0. The van der Waals surface area contributed by atoms with E-state index in [-0.39, 0.29) is 27.2 Å². The standard InChI is InChI=1S/2C2H4OS.Cu/c2*1-2(3)4;/h2*1H3,(H,3,4);. The van der Waals surface area contributed by atoms with Crippen molar-refractivity contribution >= 4 is 34.5 Å². The van der Waals surface area contributed by atoms with E-state index >= 15 is 0 Å². The first-order valence-corrected chi connectivity index (χ1v) is 2.67. The van der Waals surface area contributed by atoms with Crippen molar-refractivity contribution in [3.05, 3.63) is 0 Å². The molecule has 1 radical (unpaired) electrons. The molecule has 0 rings (SSSR count). The van der Waals surface area contributed by atoms with E-state index in [1.165, 1.54) is 13.8 Å². The molecule has 5 heteroatoms. The van der Waals surface area contributed by atoms with Crippen LogP contribution >= 0.6 is 24.4 Å². The van der Waals surface area contributed by atoms with Crippen LogP contribution in [0.15, 0.2) is 0 Å². The van der Waals surface area contributed by atoms with Crippen molar-refractivity contribution in [2.45, 2.75) is 13.8 Å². The minimum Gasteiger partial charge on any atom is -0.502 e. The van der Waals surface area contributed by atoms with Gasteiger partial charge in [0.1, 0.15) is 0 Å². The van der Waals surface area contributed by atoms with Crippen molar-refractivity contribution in [3.8, 4) is 0 Å². The van der Waals surface area contributed by atoms with E-state index in [0.29, 0.717) is 0 Å². The third-order valence-corrected chi connectivity index (χ3v) is 0. The molecule has 0 unspecified atom stereocenters. The molecule has 0 aromatic rings. The first-order chi connectivity index (χ1) is 3.46. The molecular weight excluding hydrogens is 208 g/mol. The Balaban J connectivity index is -0.0000000720. The number of rotatable bonds is 0. The Morgan fingerprint density at radius 2 is 1.00 bits per heavy atom. The van der Waals surface area contributed by atoms with Gasteiger partial charge in [0.25, 0.3) is 0 Å². The Hall–Kier alpha value is 0.299. The molecule has 0 saturated carbocycles. The van der Waals surface area contributed by atoms with Gasteiger partial charge in [0.05, 0.1) is 0 Å². The van der Waals surface area contributed by atoms with E-state index in [4.69, 9.17) is 10.2 Å². The normalized spacial score (nSPS) is 5.56. The van der Waals surface area contributed by atoms with Crippen LogP contribution in [0.3, 0.4) is 0 Å². The molecule has 0 aliphatic rings. The van der Waals surface area contributed by atoms with Gasteiger partial charge in [-0.25, -0.2) is 0 Å². The molecule has 0 fully saturated rings. The summed E-state index contributed by atoms with van der Waals surface area (Å²) in [5.41, 5.74) is 0. The van der Waals surface area contributed by atoms with Gasteiger partial charge >= 0.3 is 0 Å². The zero-order valence-electron chi connectivity index (χ0n) is 5.01. The predicted octanol–water partition coefficient (Wildman–Crippen LogP) is 1.78. The fourth-order valence-electron chi connectivity index (χ4n) is 0. The monoisotopic (exact) mass is 215 g/mol. The van der Waals surface area contributed by atoms with Gasteiger partial charge in [-0.3, -0.25) is 0 Å². The molecule has 2 nitrogen and oxygen atoms in total. The summed E-state index contributed by atoms with van der Waals surface area (Å²) in [6.45, 7) is 2.91. The van der Waals surface area contributed by atoms with Crippen molar-refractivity contribution in [3.63, 3.8) is 0 Å². The number of aliphatic hydroxyl groups excluding tert-OH is 2. The minimum absolute atomic E-state index is 0. The summed E-state index contributed by atoms with van der Waals surface area (Å²) >= 11 is 8.19. The molecule has 0 amide bonds. The van der Waals surface area contributed by atoms with E-state index in [2.05, 4.69) is 24.4 Å². The van der Waals surface area contributed by atoms with Crippen LogP contribution < -0.4 is 0 Å². The maximum Gasteiger partial charge on any atom is 0.153 e. The molecule has 59 valence electrons. The van der Waals surface area contributed by atoms with Crippen LogP contribution in [0.25, 0.3) is 0 Å². The fraction of sp³-hybridized carbons (Fsp3) is 0.500. The second kappa shape index (κ2) is 11.1. The molecule has 0 saturated heterocycles. The summed E-state index contributed by atoms with van der Waals surface area (Å²) in [6.07, 6.45) is 0. The zero-order valence-corrected chi connectivity index (χ0v) is 7.59. The first-order valence-electron chi connectivity index (χ1n) is 1.86. The van der Waals surface area contributed by atoms with Crippen LogP contribution in [0.4, 0.5) is 0 Å². The van der Waals surface area contributed by atoms with Gasteiger partial charge in [-0.15, -0.1) is 0 Å². The van der Waals surface area contributed by atoms with Gasteiger partial charge < -0.3 is 10.2 Å². The minimum atomic E-state index is 0. The zero-order chi connectivity index (χ0) is 7.15. The van der Waals surface area contributed by atoms with Crippen LogP contribution in [0.1, 0.15) is 13.8 Å². The average Bonchev–Trinajstić information content (AvgIpc) is 1.25. The Morgan fingerprint density at radius 1 is 1.00 bits per heavy atom. The molecule has 0 aliphatic heterocycles. The smallest absolute Gasteiger partial charge is 0.153 e. The molecule has 2 N–H and O–H groups in total. The van der Waals surface area contributed by atoms with Gasteiger partial charge in [-0.2, -0.15) is 0 Å². The van der Waals surface area contributed by atoms with Crippen molar-refractivity contribution in [2.75, 3.05) is 0 Å². The quantitative estimate of drug-likeness (QED) is 0.478. The molecule has 0 heterocycles. The van der Waals surface area contributed by atoms with E-state index in [0.717, 1.165) is 0 Å². The largest absolute Gasteiger partial charge is 0.502 e. The fourth-order valence-corrected chi connectivity index (χ4v) is 0. The summed E-state index contributed by atoms with van der Waals surface area (Å²) < 4.78 is 0. The van der Waals surface area contributed by atoms with Crippen LogP contribution in [-0.4, -0.2) is 20.3 Å². The number of thiocarbonyl (C=S) groups is 2. The second-order valence-corrected chi connectivity index (χ2v) is 2.22. The van der Waals surface area contributed by atoms with Crippen LogP contribution in [0.2, 0.25) is 0 Å². The SMILES string of the molecule is CC(O)=S.CC(O)=S.[Cu]. The van der Waals surface area contributed by atoms with Crippen LogP contribution in [0.5, 0.6) is 0 Å². The van der Waals surface area contributed by atoms with Gasteiger partial charge in [0.15, 0.2) is 10.1 Å². The van der Waals surface area contributed by atoms with Crippen molar-refractivity contribution in [2.24, 2.45) is 0 Å². The Labute approximate surface area is 75.7 Å². The maximum atomic E-state index is 7.79. The van der Waals surface area contributed by atoms with E-state index < -0.39 is 0 Å². The molecule has 9 heavy (non-hydrogen) atoms. The number of hydrogen-bond acceptors (Lipinski definition) is 2. The summed E-state index contributed by atoms with van der Waals surface area (Å²) in [5, 5.41) is 15.6. The number of hydrogen-bond donors (Lipinski definition) is 2. The van der Waals surface area contributed by atoms with E-state index in [9.17, 15) is 0 Å². The van der Waals surface area contributed by atoms with E-state index in [1.807, 2.05) is 0 Å². The van der Waals surface area contributed by atoms with Gasteiger partial charge in [-0.05, 0) is 24.4 Å². The second-order valence-electron chi connectivity index (χ2n) is 1.04. The predicted molar refractivity (Wildman–Crippen MR) is 41.8 cm³/mol. The molecule has 0 aliphatic carbocycles. The molecule has 0 aromatic heterocycles. The van der Waals surface area contributed by atoms with Crippen LogP contribution in [-0.2, 0) is 17.1 Å². The van der Waals surface area contributed by atoms with E-state index in [1.54, 1.807) is 0 Å². The van der Waals surface area contributed by atoms with Crippen molar-refractivity contribution < 1.29 is 27.3 Å². The van der Waals surface area contributed by atoms with Gasteiger partial charge in [-0.1, -0.05) is 0 Å². The summed E-state index contributed by atoms with van der Waals surface area (Å²) in [6, 6.07) is 0. The Bertz CT molecular complexity index is 74.6. The Morgan fingerprint density at radius 3 is 1.00 bits per heavy atom. The maximum absolute atomic E-state index is 7.79. The third-order valence-electron chi connectivity index (χ3n) is 0. The van der Waals surface area contributed by atoms with Crippen molar-refractivity contribution in [1.82, 2.24) is 0 Å². The topological polar surface area (TPSA) is 40.5 Å². The van der Waals surface area contributed by atoms with Crippen molar-refractivity contribution in [1.29, 1.82) is 0 Å². The Kier molecular flexibility index (Phi) is 20.0. The first kappa shape index (κ1) is 16.1. The molecule has 0 atom stereocenters. The molecule has 0 aromatic carbocycles. The number of aliphatic hydroxyl groups is 2. The molecule has 0 bridgehead atoms. The summed E-state index contributed by atoms with van der Waals surface area (Å²) in [5.74, 6) is 0. The average molecular weight is 216 g/mol. The summed E-state index contributed by atoms with van der Waals surface area (Å²) in [7, 11) is 0. The van der Waals surface area contributed by atoms with Gasteiger partial charge in [0, 0.05) is 30.9 Å². The third kappa shape index (κ3) is 3670. The molecule has 0 spiro atoms. The van der Waals surface area contributed by atoms with Crippen LogP contribution in [0, 0.1) is 0 Å². The van der Waals surface area contributed by atoms with Gasteiger partial charge in [0.2, 0.25) is 0 Å². The molecular formula is C4H8CuO2S2.